The topological polar surface area (TPSA) is 89.1 Å². The molecule has 1 saturated heterocycles. The molecule has 8 nitrogen and oxygen atoms in total. The zero-order valence-corrected chi connectivity index (χ0v) is 16.4. The van der Waals surface area contributed by atoms with Crippen molar-refractivity contribution in [3.63, 3.8) is 0 Å². The third-order valence-corrected chi connectivity index (χ3v) is 6.45. The molecule has 0 spiro atoms. The second-order valence-corrected chi connectivity index (χ2v) is 8.23. The molecule has 150 valence electrons. The summed E-state index contributed by atoms with van der Waals surface area (Å²) < 4.78 is 3.44. The van der Waals surface area contributed by atoms with Gasteiger partial charge in [0.15, 0.2) is 0 Å². The van der Waals surface area contributed by atoms with Crippen LogP contribution in [0.15, 0.2) is 49.3 Å². The summed E-state index contributed by atoms with van der Waals surface area (Å²) in [6, 6.07) is 7.10. The molecule has 1 saturated carbocycles. The highest BCUT2D eigenvalue weighted by molar-refractivity contribution is 6.33. The minimum absolute atomic E-state index is 0.0785. The maximum Gasteiger partial charge on any atom is 0.255 e. The van der Waals surface area contributed by atoms with Crippen molar-refractivity contribution in [2.24, 2.45) is 11.8 Å². The molecule has 2 aliphatic rings. The summed E-state index contributed by atoms with van der Waals surface area (Å²) >= 11 is 6.36. The number of aliphatic hydroxyl groups is 1. The SMILES string of the molecule is O=C(c1cc(-n2cccn2)ccc1Cl)N1C[C@H]2C[C@@H](n3cncn3)[C@H](O)C[C@H]2C1. The first kappa shape index (κ1) is 18.3. The number of hydrogen-bond donors (Lipinski definition) is 1. The lowest BCUT2D eigenvalue weighted by molar-refractivity contribution is 0.0304. The van der Waals surface area contributed by atoms with E-state index in [2.05, 4.69) is 15.2 Å². The summed E-state index contributed by atoms with van der Waals surface area (Å²) in [5, 5.41) is 19.4. The first-order valence-corrected chi connectivity index (χ1v) is 10.1. The van der Waals surface area contributed by atoms with Gasteiger partial charge >= 0.3 is 0 Å². The van der Waals surface area contributed by atoms with Crippen LogP contribution in [0.4, 0.5) is 0 Å². The van der Waals surface area contributed by atoms with E-state index in [1.807, 2.05) is 23.2 Å². The van der Waals surface area contributed by atoms with Crippen molar-refractivity contribution in [2.45, 2.75) is 25.0 Å². The van der Waals surface area contributed by atoms with Crippen LogP contribution in [0.5, 0.6) is 0 Å². The predicted octanol–water partition coefficient (Wildman–Crippen LogP) is 2.20. The summed E-state index contributed by atoms with van der Waals surface area (Å²) in [6.07, 6.45) is 7.59. The van der Waals surface area contributed by atoms with Gasteiger partial charge in [0, 0.05) is 25.5 Å². The van der Waals surface area contributed by atoms with Crippen LogP contribution in [0.25, 0.3) is 5.69 Å². The number of benzene rings is 1. The number of carbonyl (C=O) groups excluding carboxylic acids is 1. The predicted molar refractivity (Wildman–Crippen MR) is 106 cm³/mol. The molecule has 1 aromatic carbocycles. The van der Waals surface area contributed by atoms with Crippen molar-refractivity contribution in [3.05, 3.63) is 59.9 Å². The van der Waals surface area contributed by atoms with Gasteiger partial charge in [-0.3, -0.25) is 4.79 Å². The van der Waals surface area contributed by atoms with Gasteiger partial charge in [-0.15, -0.1) is 0 Å². The molecule has 3 heterocycles. The normalized spacial score (nSPS) is 26.5. The standard InChI is InChI=1S/C20H21ClN6O2/c21-17-3-2-15(26-5-1-4-23-26)8-16(17)20(29)25-9-13-6-18(27-12-22-11-24-27)19(28)7-14(13)10-25/h1-5,8,11-14,18-19,28H,6-7,9-10H2/t13-,14+,18-,19-/m1/s1. The number of likely N-dealkylation sites (tertiary alicyclic amines) is 1. The van der Waals surface area contributed by atoms with Gasteiger partial charge in [-0.2, -0.15) is 10.2 Å². The third-order valence-electron chi connectivity index (χ3n) is 6.12. The number of aliphatic hydroxyl groups excluding tert-OH is 1. The van der Waals surface area contributed by atoms with Gasteiger partial charge < -0.3 is 10.0 Å². The fourth-order valence-electron chi connectivity index (χ4n) is 4.66. The molecule has 2 aromatic heterocycles. The molecule has 1 N–H and O–H groups in total. The Balaban J connectivity index is 1.35. The number of amides is 1. The molecule has 0 unspecified atom stereocenters. The van der Waals surface area contributed by atoms with E-state index in [9.17, 15) is 9.90 Å². The van der Waals surface area contributed by atoms with Gasteiger partial charge in [0.1, 0.15) is 12.7 Å². The van der Waals surface area contributed by atoms with Crippen molar-refractivity contribution in [2.75, 3.05) is 13.1 Å². The molecule has 5 rings (SSSR count). The molecular weight excluding hydrogens is 392 g/mol. The molecule has 2 fully saturated rings. The van der Waals surface area contributed by atoms with E-state index >= 15 is 0 Å². The smallest absolute Gasteiger partial charge is 0.255 e. The Labute approximate surface area is 172 Å². The first-order chi connectivity index (χ1) is 14.1. The average Bonchev–Trinajstić information content (AvgIpc) is 3.47. The highest BCUT2D eigenvalue weighted by atomic mass is 35.5. The monoisotopic (exact) mass is 412 g/mol. The number of rotatable bonds is 3. The van der Waals surface area contributed by atoms with Gasteiger partial charge in [-0.25, -0.2) is 14.3 Å². The lowest BCUT2D eigenvalue weighted by Gasteiger charge is -2.34. The average molecular weight is 413 g/mol. The molecule has 29 heavy (non-hydrogen) atoms. The second-order valence-electron chi connectivity index (χ2n) is 7.83. The molecule has 1 amide bonds. The third kappa shape index (κ3) is 3.32. The molecular formula is C20H21ClN6O2. The molecule has 1 aliphatic heterocycles. The lowest BCUT2D eigenvalue weighted by atomic mass is 9.77. The van der Waals surface area contributed by atoms with Crippen LogP contribution in [-0.2, 0) is 0 Å². The summed E-state index contributed by atoms with van der Waals surface area (Å²) in [4.78, 5) is 19.1. The van der Waals surface area contributed by atoms with Crippen molar-refractivity contribution < 1.29 is 9.90 Å². The van der Waals surface area contributed by atoms with Crippen molar-refractivity contribution >= 4 is 17.5 Å². The van der Waals surface area contributed by atoms with Crippen LogP contribution in [0.1, 0.15) is 29.2 Å². The van der Waals surface area contributed by atoms with Gasteiger partial charge in [0.05, 0.1) is 28.4 Å². The maximum atomic E-state index is 13.2. The molecule has 1 aliphatic carbocycles. The Kier molecular flexibility index (Phi) is 4.60. The van der Waals surface area contributed by atoms with E-state index in [1.165, 1.54) is 6.33 Å². The lowest BCUT2D eigenvalue weighted by Crippen LogP contribution is -2.36. The van der Waals surface area contributed by atoms with Crippen molar-refractivity contribution in [3.8, 4) is 5.69 Å². The van der Waals surface area contributed by atoms with Crippen molar-refractivity contribution in [1.29, 1.82) is 0 Å². The van der Waals surface area contributed by atoms with Gasteiger partial charge in [-0.05, 0) is 48.9 Å². The zero-order valence-electron chi connectivity index (χ0n) is 15.7. The van der Waals surface area contributed by atoms with Crippen LogP contribution in [0.2, 0.25) is 5.02 Å². The summed E-state index contributed by atoms with van der Waals surface area (Å²) in [5.74, 6) is 0.525. The first-order valence-electron chi connectivity index (χ1n) is 9.71. The van der Waals surface area contributed by atoms with Crippen LogP contribution in [0, 0.1) is 11.8 Å². The molecule has 3 aromatic rings. The minimum Gasteiger partial charge on any atom is -0.391 e. The Morgan fingerprint density at radius 1 is 1.17 bits per heavy atom. The van der Waals surface area contributed by atoms with E-state index in [0.717, 1.165) is 12.1 Å². The minimum atomic E-state index is -0.486. The number of fused-ring (bicyclic) bond motifs is 1. The Hall–Kier alpha value is -2.71. The fourth-order valence-corrected chi connectivity index (χ4v) is 4.86. The summed E-state index contributed by atoms with van der Waals surface area (Å²) in [5.41, 5.74) is 1.27. The molecule has 4 atom stereocenters. The van der Waals surface area contributed by atoms with Crippen LogP contribution < -0.4 is 0 Å². The fraction of sp³-hybridized carbons (Fsp3) is 0.400. The molecule has 0 bridgehead atoms. The van der Waals surface area contributed by atoms with Crippen LogP contribution in [-0.4, -0.2) is 59.7 Å². The van der Waals surface area contributed by atoms with E-state index in [4.69, 9.17) is 11.6 Å². The maximum absolute atomic E-state index is 13.2. The van der Waals surface area contributed by atoms with Gasteiger partial charge in [-0.1, -0.05) is 11.6 Å². The Morgan fingerprint density at radius 2 is 2.00 bits per heavy atom. The highest BCUT2D eigenvalue weighted by Gasteiger charge is 2.44. The summed E-state index contributed by atoms with van der Waals surface area (Å²) in [7, 11) is 0. The van der Waals surface area contributed by atoms with E-state index in [-0.39, 0.29) is 17.9 Å². The van der Waals surface area contributed by atoms with E-state index in [1.54, 1.807) is 34.0 Å². The zero-order chi connectivity index (χ0) is 20.0. The van der Waals surface area contributed by atoms with Gasteiger partial charge in [0.2, 0.25) is 0 Å². The molecule has 0 radical (unpaired) electrons. The number of carbonyl (C=O) groups is 1. The Bertz CT molecular complexity index is 1010. The number of nitrogens with zero attached hydrogens (tertiary/aromatic N) is 6. The van der Waals surface area contributed by atoms with E-state index < -0.39 is 6.10 Å². The number of hydrogen-bond acceptors (Lipinski definition) is 5. The second kappa shape index (κ2) is 7.27. The largest absolute Gasteiger partial charge is 0.391 e. The van der Waals surface area contributed by atoms with Crippen LogP contribution in [0.3, 0.4) is 0 Å². The number of halogens is 1. The Morgan fingerprint density at radius 3 is 2.72 bits per heavy atom. The van der Waals surface area contributed by atoms with Crippen molar-refractivity contribution in [1.82, 2.24) is 29.4 Å². The number of aromatic nitrogens is 5. The van der Waals surface area contributed by atoms with E-state index in [0.29, 0.717) is 36.0 Å². The summed E-state index contributed by atoms with van der Waals surface area (Å²) in [6.45, 7) is 1.29. The molecule has 9 heteroatoms. The van der Waals surface area contributed by atoms with Gasteiger partial charge in [0.25, 0.3) is 5.91 Å². The van der Waals surface area contributed by atoms with Crippen LogP contribution >= 0.6 is 11.6 Å². The quantitative estimate of drug-likeness (QED) is 0.712. The highest BCUT2D eigenvalue weighted by Crippen LogP contribution is 2.41.